The van der Waals surface area contributed by atoms with Crippen LogP contribution >= 0.6 is 11.3 Å². The van der Waals surface area contributed by atoms with Crippen molar-refractivity contribution in [1.82, 2.24) is 0 Å². The summed E-state index contributed by atoms with van der Waals surface area (Å²) in [6, 6.07) is 6.97. The summed E-state index contributed by atoms with van der Waals surface area (Å²) in [7, 11) is 1.58. The van der Waals surface area contributed by atoms with E-state index in [1.807, 2.05) is 0 Å². The van der Waals surface area contributed by atoms with Gasteiger partial charge in [-0.1, -0.05) is 6.92 Å². The van der Waals surface area contributed by atoms with E-state index in [1.54, 1.807) is 31.4 Å². The van der Waals surface area contributed by atoms with Gasteiger partial charge in [0.1, 0.15) is 16.5 Å². The van der Waals surface area contributed by atoms with Crippen LogP contribution in [0.3, 0.4) is 0 Å². The zero-order valence-corrected chi connectivity index (χ0v) is 15.7. The first-order valence-electron chi connectivity index (χ1n) is 8.49. The van der Waals surface area contributed by atoms with Crippen LogP contribution in [0.4, 0.5) is 5.00 Å². The predicted octanol–water partition coefficient (Wildman–Crippen LogP) is 3.00. The number of carbonyl (C=O) groups is 2. The lowest BCUT2D eigenvalue weighted by molar-refractivity contribution is -0.118. The highest BCUT2D eigenvalue weighted by Crippen LogP contribution is 2.39. The van der Waals surface area contributed by atoms with Crippen LogP contribution in [0.1, 0.15) is 34.1 Å². The monoisotopic (exact) mass is 374 g/mol. The third-order valence-corrected chi connectivity index (χ3v) is 5.61. The van der Waals surface area contributed by atoms with Crippen molar-refractivity contribution in [3.05, 3.63) is 40.3 Å². The Bertz CT molecular complexity index is 814. The summed E-state index contributed by atoms with van der Waals surface area (Å²) in [6.07, 6.45) is 2.76. The van der Waals surface area contributed by atoms with E-state index in [9.17, 15) is 9.59 Å². The number of nitrogens with two attached hydrogens (primary N) is 1. The Morgan fingerprint density at radius 2 is 1.96 bits per heavy atom. The van der Waals surface area contributed by atoms with Gasteiger partial charge in [0.05, 0.1) is 12.7 Å². The lowest BCUT2D eigenvalue weighted by Gasteiger charge is -2.18. The minimum Gasteiger partial charge on any atom is -0.497 e. The van der Waals surface area contributed by atoms with E-state index in [4.69, 9.17) is 15.2 Å². The van der Waals surface area contributed by atoms with E-state index in [-0.39, 0.29) is 12.5 Å². The Balaban J connectivity index is 1.67. The number of ether oxygens (including phenoxy) is 2. The van der Waals surface area contributed by atoms with Crippen molar-refractivity contribution in [3.63, 3.8) is 0 Å². The molecule has 0 unspecified atom stereocenters. The number of hydrogen-bond acceptors (Lipinski definition) is 5. The van der Waals surface area contributed by atoms with Crippen LogP contribution in [0.2, 0.25) is 0 Å². The standard InChI is InChI=1S/C19H22N2O4S/c1-11-3-8-14-15(9-11)26-19(17(14)18(20)23)21-16(22)10-25-13-6-4-12(24-2)5-7-13/h4-7,11H,3,8-10H2,1-2H3,(H2,20,23)(H,21,22)/t11-/m1/s1. The summed E-state index contributed by atoms with van der Waals surface area (Å²) < 4.78 is 10.6. The van der Waals surface area contributed by atoms with Crippen molar-refractivity contribution in [1.29, 1.82) is 0 Å². The molecule has 1 heterocycles. The topological polar surface area (TPSA) is 90.7 Å². The zero-order valence-electron chi connectivity index (χ0n) is 14.8. The number of benzene rings is 1. The molecular weight excluding hydrogens is 352 g/mol. The lowest BCUT2D eigenvalue weighted by Crippen LogP contribution is -2.22. The molecule has 2 aromatic rings. The quantitative estimate of drug-likeness (QED) is 0.813. The molecule has 0 saturated heterocycles. The highest BCUT2D eigenvalue weighted by atomic mass is 32.1. The largest absolute Gasteiger partial charge is 0.497 e. The van der Waals surface area contributed by atoms with Gasteiger partial charge in [-0.25, -0.2) is 0 Å². The molecule has 0 fully saturated rings. The van der Waals surface area contributed by atoms with E-state index in [0.717, 1.165) is 29.7 Å². The van der Waals surface area contributed by atoms with Crippen molar-refractivity contribution in [3.8, 4) is 11.5 Å². The van der Waals surface area contributed by atoms with Gasteiger partial charge in [-0.3, -0.25) is 9.59 Å². The summed E-state index contributed by atoms with van der Waals surface area (Å²) in [5.41, 5.74) is 7.01. The van der Waals surface area contributed by atoms with E-state index < -0.39 is 5.91 Å². The van der Waals surface area contributed by atoms with E-state index in [1.165, 1.54) is 11.3 Å². The molecule has 0 saturated carbocycles. The van der Waals surface area contributed by atoms with Crippen LogP contribution < -0.4 is 20.5 Å². The first kappa shape index (κ1) is 18.3. The minimum atomic E-state index is -0.497. The number of methoxy groups -OCH3 is 1. The summed E-state index contributed by atoms with van der Waals surface area (Å²) in [6.45, 7) is 2.04. The fraction of sp³-hybridized carbons (Fsp3) is 0.368. The molecule has 3 rings (SSSR count). The molecule has 1 aliphatic rings. The van der Waals surface area contributed by atoms with Gasteiger partial charge in [-0.05, 0) is 55.0 Å². The van der Waals surface area contributed by atoms with Gasteiger partial charge in [0.2, 0.25) is 0 Å². The number of hydrogen-bond donors (Lipinski definition) is 2. The number of amides is 2. The van der Waals surface area contributed by atoms with Gasteiger partial charge in [0, 0.05) is 4.88 Å². The van der Waals surface area contributed by atoms with Gasteiger partial charge >= 0.3 is 0 Å². The molecule has 1 aromatic heterocycles. The molecule has 6 nitrogen and oxygen atoms in total. The average molecular weight is 374 g/mol. The summed E-state index contributed by atoms with van der Waals surface area (Å²) in [5.74, 6) is 1.03. The van der Waals surface area contributed by atoms with Crippen LogP contribution in [0.25, 0.3) is 0 Å². The molecule has 1 aliphatic carbocycles. The van der Waals surface area contributed by atoms with Crippen molar-refractivity contribution in [2.24, 2.45) is 11.7 Å². The number of anilines is 1. The summed E-state index contributed by atoms with van der Waals surface area (Å²) in [5, 5.41) is 3.31. The van der Waals surface area contributed by atoms with Crippen molar-refractivity contribution >= 4 is 28.2 Å². The molecule has 0 bridgehead atoms. The molecule has 0 aliphatic heterocycles. The SMILES string of the molecule is COc1ccc(OCC(=O)Nc2sc3c(c2C(N)=O)CC[C@@H](C)C3)cc1. The Kier molecular flexibility index (Phi) is 5.46. The van der Waals surface area contributed by atoms with E-state index in [0.29, 0.717) is 28.0 Å². The third-order valence-electron chi connectivity index (χ3n) is 4.44. The van der Waals surface area contributed by atoms with Crippen LogP contribution in [-0.4, -0.2) is 25.5 Å². The van der Waals surface area contributed by atoms with Crippen molar-refractivity contribution < 1.29 is 19.1 Å². The molecule has 7 heteroatoms. The Hall–Kier alpha value is -2.54. The maximum atomic E-state index is 12.3. The fourth-order valence-electron chi connectivity index (χ4n) is 3.08. The number of fused-ring (bicyclic) bond motifs is 1. The van der Waals surface area contributed by atoms with Crippen LogP contribution in [0, 0.1) is 5.92 Å². The Labute approximate surface area is 156 Å². The van der Waals surface area contributed by atoms with E-state index in [2.05, 4.69) is 12.2 Å². The molecule has 0 spiro atoms. The number of carbonyl (C=O) groups excluding carboxylic acids is 2. The second-order valence-corrected chi connectivity index (χ2v) is 7.54. The summed E-state index contributed by atoms with van der Waals surface area (Å²) >= 11 is 1.44. The normalized spacial score (nSPS) is 15.8. The van der Waals surface area contributed by atoms with E-state index >= 15 is 0 Å². The second-order valence-electron chi connectivity index (χ2n) is 6.43. The Morgan fingerprint density at radius 1 is 1.27 bits per heavy atom. The predicted molar refractivity (Wildman–Crippen MR) is 101 cm³/mol. The molecule has 26 heavy (non-hydrogen) atoms. The summed E-state index contributed by atoms with van der Waals surface area (Å²) in [4.78, 5) is 25.3. The molecule has 0 radical (unpaired) electrons. The van der Waals surface area contributed by atoms with Gasteiger partial charge in [0.15, 0.2) is 6.61 Å². The number of primary amides is 1. The highest BCUT2D eigenvalue weighted by molar-refractivity contribution is 7.17. The average Bonchev–Trinajstić information content (AvgIpc) is 2.97. The first-order valence-corrected chi connectivity index (χ1v) is 9.30. The number of rotatable bonds is 6. The van der Waals surface area contributed by atoms with Gasteiger partial charge in [-0.15, -0.1) is 11.3 Å². The number of nitrogens with one attached hydrogen (secondary N) is 1. The number of thiophene rings is 1. The van der Waals surface area contributed by atoms with Crippen molar-refractivity contribution in [2.45, 2.75) is 26.2 Å². The zero-order chi connectivity index (χ0) is 18.7. The smallest absolute Gasteiger partial charge is 0.262 e. The first-order chi connectivity index (χ1) is 12.5. The second kappa shape index (κ2) is 7.78. The van der Waals surface area contributed by atoms with Crippen LogP contribution in [0.15, 0.2) is 24.3 Å². The molecule has 138 valence electrons. The minimum absolute atomic E-state index is 0.149. The molecule has 2 amide bonds. The molecule has 1 aromatic carbocycles. The maximum Gasteiger partial charge on any atom is 0.262 e. The molecule has 3 N–H and O–H groups in total. The van der Waals surface area contributed by atoms with Gasteiger partial charge < -0.3 is 20.5 Å². The molecular formula is C19H22N2O4S. The third kappa shape index (κ3) is 3.99. The fourth-order valence-corrected chi connectivity index (χ4v) is 4.52. The van der Waals surface area contributed by atoms with Gasteiger partial charge in [-0.2, -0.15) is 0 Å². The van der Waals surface area contributed by atoms with Crippen LogP contribution in [-0.2, 0) is 17.6 Å². The van der Waals surface area contributed by atoms with Gasteiger partial charge in [0.25, 0.3) is 11.8 Å². The Morgan fingerprint density at radius 3 is 2.62 bits per heavy atom. The molecule has 1 atom stereocenters. The highest BCUT2D eigenvalue weighted by Gasteiger charge is 2.27. The lowest BCUT2D eigenvalue weighted by atomic mass is 9.88. The van der Waals surface area contributed by atoms with Crippen molar-refractivity contribution in [2.75, 3.05) is 19.0 Å². The van der Waals surface area contributed by atoms with Crippen LogP contribution in [0.5, 0.6) is 11.5 Å². The maximum absolute atomic E-state index is 12.3.